The molecule has 3 rings (SSSR count). The van der Waals surface area contributed by atoms with Gasteiger partial charge in [-0.1, -0.05) is 74.0 Å². The van der Waals surface area contributed by atoms with Gasteiger partial charge in [-0.05, 0) is 24.0 Å². The number of nitrogens with one attached hydrogen (secondary N) is 1. The summed E-state index contributed by atoms with van der Waals surface area (Å²) >= 11 is 0. The molecule has 1 aliphatic rings. The van der Waals surface area contributed by atoms with Gasteiger partial charge in [-0.15, -0.1) is 0 Å². The topological polar surface area (TPSA) is 21.3 Å². The zero-order valence-corrected chi connectivity index (χ0v) is 13.5. The molecule has 0 aliphatic carbocycles. The molecule has 1 saturated heterocycles. The van der Waals surface area contributed by atoms with Gasteiger partial charge in [-0.3, -0.25) is 0 Å². The summed E-state index contributed by atoms with van der Waals surface area (Å²) in [6.45, 7) is 4.97. The fourth-order valence-corrected chi connectivity index (χ4v) is 2.44. The highest BCUT2D eigenvalue weighted by Gasteiger charge is 2.14. The van der Waals surface area contributed by atoms with Crippen LogP contribution in [0.3, 0.4) is 0 Å². The number of unbranched alkanes of at least 4 members (excludes halogenated alkanes) is 1. The summed E-state index contributed by atoms with van der Waals surface area (Å²) in [5.41, 5.74) is 2.74. The number of aryl methyl sites for hydroxylation is 1. The largest absolute Gasteiger partial charge is 0.371 e. The summed E-state index contributed by atoms with van der Waals surface area (Å²) in [4.78, 5) is 0. The van der Waals surface area contributed by atoms with Gasteiger partial charge in [0.2, 0.25) is 0 Å². The van der Waals surface area contributed by atoms with Crippen LogP contribution in [-0.2, 0) is 11.2 Å². The predicted molar refractivity (Wildman–Crippen MR) is 93.1 cm³/mol. The van der Waals surface area contributed by atoms with Crippen molar-refractivity contribution in [3.8, 4) is 0 Å². The molecule has 22 heavy (non-hydrogen) atoms. The minimum Gasteiger partial charge on any atom is -0.371 e. The first kappa shape index (κ1) is 16.7. The summed E-state index contributed by atoms with van der Waals surface area (Å²) in [6, 6.07) is 20.9. The van der Waals surface area contributed by atoms with Crippen molar-refractivity contribution >= 4 is 0 Å². The van der Waals surface area contributed by atoms with Crippen LogP contribution in [0.5, 0.6) is 0 Å². The molecule has 1 atom stereocenters. The second kappa shape index (κ2) is 10.1. The molecule has 0 bridgehead atoms. The van der Waals surface area contributed by atoms with Gasteiger partial charge < -0.3 is 10.1 Å². The standard InChI is InChI=1S/C14H21NO.C6H6/c1-2-3-4-12-5-7-13(8-6-12)14-11-15-9-10-16-14;1-2-4-6-5-3-1/h5-8,14-15H,2-4,9-11H2,1H3;1-6H. The SMILES string of the molecule is CCCCc1ccc(C2CNCCO2)cc1.c1ccccc1. The first-order valence-corrected chi connectivity index (χ1v) is 8.31. The Morgan fingerprint density at radius 3 is 2.14 bits per heavy atom. The molecule has 2 aromatic rings. The number of morpholine rings is 1. The summed E-state index contributed by atoms with van der Waals surface area (Å²) in [7, 11) is 0. The molecular weight excluding hydrogens is 270 g/mol. The fraction of sp³-hybridized carbons (Fsp3) is 0.400. The maximum absolute atomic E-state index is 5.72. The highest BCUT2D eigenvalue weighted by Crippen LogP contribution is 2.19. The molecule has 0 radical (unpaired) electrons. The van der Waals surface area contributed by atoms with E-state index in [1.54, 1.807) is 0 Å². The van der Waals surface area contributed by atoms with Crippen LogP contribution in [0, 0.1) is 0 Å². The summed E-state index contributed by atoms with van der Waals surface area (Å²) in [6.07, 6.45) is 3.98. The minimum atomic E-state index is 0.244. The molecule has 0 saturated carbocycles. The summed E-state index contributed by atoms with van der Waals surface area (Å²) in [5.74, 6) is 0. The lowest BCUT2D eigenvalue weighted by Crippen LogP contribution is -2.33. The molecular formula is C20H27NO. The van der Waals surface area contributed by atoms with Crippen molar-refractivity contribution in [2.75, 3.05) is 19.7 Å². The van der Waals surface area contributed by atoms with Crippen molar-refractivity contribution in [2.24, 2.45) is 0 Å². The van der Waals surface area contributed by atoms with E-state index in [1.165, 1.54) is 30.4 Å². The van der Waals surface area contributed by atoms with Crippen molar-refractivity contribution in [3.63, 3.8) is 0 Å². The lowest BCUT2D eigenvalue weighted by Gasteiger charge is -2.24. The van der Waals surface area contributed by atoms with Gasteiger partial charge >= 0.3 is 0 Å². The van der Waals surface area contributed by atoms with Crippen LogP contribution in [-0.4, -0.2) is 19.7 Å². The Kier molecular flexibility index (Phi) is 7.71. The maximum Gasteiger partial charge on any atom is 0.0949 e. The Hall–Kier alpha value is -1.64. The highest BCUT2D eigenvalue weighted by molar-refractivity contribution is 5.24. The number of hydrogen-bond acceptors (Lipinski definition) is 2. The van der Waals surface area contributed by atoms with E-state index < -0.39 is 0 Å². The summed E-state index contributed by atoms with van der Waals surface area (Å²) in [5, 5.41) is 3.36. The lowest BCUT2D eigenvalue weighted by atomic mass is 10.0. The molecule has 1 heterocycles. The molecule has 0 amide bonds. The minimum absolute atomic E-state index is 0.244. The normalized spacial score (nSPS) is 17.4. The molecule has 0 spiro atoms. The number of hydrogen-bond donors (Lipinski definition) is 1. The Morgan fingerprint density at radius 1 is 1.00 bits per heavy atom. The lowest BCUT2D eigenvalue weighted by molar-refractivity contribution is 0.0277. The van der Waals surface area contributed by atoms with E-state index >= 15 is 0 Å². The number of benzene rings is 2. The first-order chi connectivity index (χ1) is 10.9. The Morgan fingerprint density at radius 2 is 1.64 bits per heavy atom. The molecule has 1 unspecified atom stereocenters. The quantitative estimate of drug-likeness (QED) is 0.904. The van der Waals surface area contributed by atoms with Crippen LogP contribution in [0.1, 0.15) is 37.0 Å². The molecule has 2 aromatic carbocycles. The molecule has 2 nitrogen and oxygen atoms in total. The van der Waals surface area contributed by atoms with Crippen LogP contribution >= 0.6 is 0 Å². The van der Waals surface area contributed by atoms with Gasteiger partial charge in [-0.2, -0.15) is 0 Å². The van der Waals surface area contributed by atoms with Gasteiger partial charge in [0.15, 0.2) is 0 Å². The average molecular weight is 297 g/mol. The van der Waals surface area contributed by atoms with Gasteiger partial charge in [0, 0.05) is 13.1 Å². The van der Waals surface area contributed by atoms with Crippen LogP contribution in [0.4, 0.5) is 0 Å². The average Bonchev–Trinajstić information content (AvgIpc) is 2.63. The van der Waals surface area contributed by atoms with Crippen LogP contribution < -0.4 is 5.32 Å². The van der Waals surface area contributed by atoms with Crippen molar-refractivity contribution < 1.29 is 4.74 Å². The third kappa shape index (κ3) is 6.00. The van der Waals surface area contributed by atoms with Crippen molar-refractivity contribution in [1.29, 1.82) is 0 Å². The second-order valence-electron chi connectivity index (χ2n) is 5.56. The van der Waals surface area contributed by atoms with Gasteiger partial charge in [0.05, 0.1) is 12.7 Å². The molecule has 1 fully saturated rings. The van der Waals surface area contributed by atoms with E-state index in [4.69, 9.17) is 4.74 Å². The summed E-state index contributed by atoms with van der Waals surface area (Å²) < 4.78 is 5.72. The van der Waals surface area contributed by atoms with E-state index in [0.717, 1.165) is 19.7 Å². The molecule has 1 N–H and O–H groups in total. The van der Waals surface area contributed by atoms with Crippen LogP contribution in [0.2, 0.25) is 0 Å². The number of ether oxygens (including phenoxy) is 1. The van der Waals surface area contributed by atoms with E-state index in [0.29, 0.717) is 0 Å². The van der Waals surface area contributed by atoms with Crippen molar-refractivity contribution in [2.45, 2.75) is 32.3 Å². The smallest absolute Gasteiger partial charge is 0.0949 e. The van der Waals surface area contributed by atoms with Crippen LogP contribution in [0.15, 0.2) is 60.7 Å². The van der Waals surface area contributed by atoms with Gasteiger partial charge in [-0.25, -0.2) is 0 Å². The van der Waals surface area contributed by atoms with E-state index in [2.05, 4.69) is 36.5 Å². The fourth-order valence-electron chi connectivity index (χ4n) is 2.44. The zero-order valence-electron chi connectivity index (χ0n) is 13.5. The Labute approximate surface area is 134 Å². The van der Waals surface area contributed by atoms with E-state index in [-0.39, 0.29) is 6.10 Å². The van der Waals surface area contributed by atoms with Gasteiger partial charge in [0.1, 0.15) is 0 Å². The first-order valence-electron chi connectivity index (χ1n) is 8.31. The van der Waals surface area contributed by atoms with Crippen LogP contribution in [0.25, 0.3) is 0 Å². The molecule has 1 aliphatic heterocycles. The predicted octanol–water partition coefficient (Wildman–Crippen LogP) is 4.38. The van der Waals surface area contributed by atoms with Crippen molar-refractivity contribution in [1.82, 2.24) is 5.32 Å². The second-order valence-corrected chi connectivity index (χ2v) is 5.56. The third-order valence-corrected chi connectivity index (χ3v) is 3.76. The van der Waals surface area contributed by atoms with Gasteiger partial charge in [0.25, 0.3) is 0 Å². The molecule has 0 aromatic heterocycles. The molecule has 2 heteroatoms. The third-order valence-electron chi connectivity index (χ3n) is 3.76. The highest BCUT2D eigenvalue weighted by atomic mass is 16.5. The zero-order chi connectivity index (χ0) is 15.5. The monoisotopic (exact) mass is 297 g/mol. The Balaban J connectivity index is 0.000000246. The molecule has 118 valence electrons. The van der Waals surface area contributed by atoms with E-state index in [9.17, 15) is 0 Å². The Bertz CT molecular complexity index is 462. The van der Waals surface area contributed by atoms with Crippen molar-refractivity contribution in [3.05, 3.63) is 71.8 Å². The maximum atomic E-state index is 5.72. The number of rotatable bonds is 4. The van der Waals surface area contributed by atoms with E-state index in [1.807, 2.05) is 36.4 Å².